The van der Waals surface area contributed by atoms with E-state index in [9.17, 15) is 4.39 Å². The average Bonchev–Trinajstić information content (AvgIpc) is 3.04. The van der Waals surface area contributed by atoms with Crippen molar-refractivity contribution in [3.63, 3.8) is 0 Å². The Balaban J connectivity index is 1.79. The van der Waals surface area contributed by atoms with Crippen molar-refractivity contribution in [1.29, 1.82) is 0 Å². The number of aromatic nitrogens is 4. The highest BCUT2D eigenvalue weighted by molar-refractivity contribution is 9.10. The predicted octanol–water partition coefficient (Wildman–Crippen LogP) is 4.81. The third kappa shape index (κ3) is 3.59. The summed E-state index contributed by atoms with van der Waals surface area (Å²) in [5.41, 5.74) is 2.62. The Morgan fingerprint density at radius 2 is 1.67 bits per heavy atom. The Morgan fingerprint density at radius 1 is 0.963 bits per heavy atom. The van der Waals surface area contributed by atoms with E-state index < -0.39 is 0 Å². The first-order valence-electron chi connectivity index (χ1n) is 8.19. The summed E-state index contributed by atoms with van der Waals surface area (Å²) in [4.78, 5) is 8.11. The first-order valence-corrected chi connectivity index (χ1v) is 8.99. The highest BCUT2D eigenvalue weighted by Crippen LogP contribution is 2.37. The Labute approximate surface area is 163 Å². The van der Waals surface area contributed by atoms with Crippen LogP contribution in [0.25, 0.3) is 16.9 Å². The van der Waals surface area contributed by atoms with Gasteiger partial charge in [-0.05, 0) is 33.6 Å². The molecule has 0 saturated carbocycles. The molecule has 0 saturated heterocycles. The van der Waals surface area contributed by atoms with Crippen LogP contribution in [-0.4, -0.2) is 19.7 Å². The topological polar surface area (TPSA) is 52.8 Å². The second-order valence-corrected chi connectivity index (χ2v) is 6.53. The van der Waals surface area contributed by atoms with Gasteiger partial charge in [0.25, 0.3) is 0 Å². The van der Waals surface area contributed by atoms with Crippen molar-refractivity contribution in [2.45, 2.75) is 6.61 Å². The van der Waals surface area contributed by atoms with E-state index in [4.69, 9.17) is 4.74 Å². The van der Waals surface area contributed by atoms with Gasteiger partial charge < -0.3 is 4.74 Å². The number of nitrogens with zero attached hydrogens (tertiary/aromatic N) is 4. The Bertz CT molecular complexity index is 1050. The smallest absolute Gasteiger partial charge is 0.248 e. The summed E-state index contributed by atoms with van der Waals surface area (Å²) in [6, 6.07) is 16.2. The van der Waals surface area contributed by atoms with E-state index in [1.54, 1.807) is 30.6 Å². The molecule has 0 aliphatic heterocycles. The van der Waals surface area contributed by atoms with Gasteiger partial charge in [0.15, 0.2) is 0 Å². The lowest BCUT2D eigenvalue weighted by molar-refractivity contribution is 0.290. The average molecular weight is 425 g/mol. The van der Waals surface area contributed by atoms with E-state index >= 15 is 0 Å². The molecule has 27 heavy (non-hydrogen) atoms. The highest BCUT2D eigenvalue weighted by Gasteiger charge is 2.22. The van der Waals surface area contributed by atoms with Gasteiger partial charge in [0.2, 0.25) is 5.88 Å². The van der Waals surface area contributed by atoms with Gasteiger partial charge in [0.1, 0.15) is 28.9 Å². The van der Waals surface area contributed by atoms with E-state index in [1.165, 1.54) is 17.1 Å². The lowest BCUT2D eigenvalue weighted by Gasteiger charge is -2.08. The number of benzene rings is 2. The van der Waals surface area contributed by atoms with Crippen LogP contribution >= 0.6 is 15.9 Å². The Kier molecular flexibility index (Phi) is 4.93. The predicted molar refractivity (Wildman–Crippen MR) is 103 cm³/mol. The molecule has 2 heterocycles. The third-order valence-corrected chi connectivity index (χ3v) is 4.65. The first-order chi connectivity index (χ1) is 13.2. The number of ether oxygens (including phenoxy) is 1. The molecule has 5 nitrogen and oxygen atoms in total. The van der Waals surface area contributed by atoms with Crippen molar-refractivity contribution in [2.24, 2.45) is 0 Å². The number of hydrogen-bond donors (Lipinski definition) is 0. The van der Waals surface area contributed by atoms with E-state index in [2.05, 4.69) is 31.0 Å². The maximum absolute atomic E-state index is 14.4. The molecule has 2 aromatic carbocycles. The van der Waals surface area contributed by atoms with Crippen molar-refractivity contribution >= 4 is 15.9 Å². The minimum Gasteiger partial charge on any atom is -0.471 e. The van der Waals surface area contributed by atoms with Crippen LogP contribution in [0.4, 0.5) is 4.39 Å². The van der Waals surface area contributed by atoms with E-state index in [0.717, 1.165) is 5.56 Å². The molecule has 4 rings (SSSR count). The summed E-state index contributed by atoms with van der Waals surface area (Å²) >= 11 is 3.55. The van der Waals surface area contributed by atoms with Crippen LogP contribution in [0, 0.1) is 5.82 Å². The fraction of sp³-hybridized carbons (Fsp3) is 0.0500. The van der Waals surface area contributed by atoms with Gasteiger partial charge in [-0.2, -0.15) is 0 Å². The van der Waals surface area contributed by atoms with Crippen molar-refractivity contribution in [3.05, 3.63) is 89.2 Å². The normalized spacial score (nSPS) is 10.7. The molecule has 0 radical (unpaired) electrons. The van der Waals surface area contributed by atoms with E-state index in [-0.39, 0.29) is 5.82 Å². The van der Waals surface area contributed by atoms with Crippen LogP contribution in [-0.2, 0) is 6.61 Å². The molecule has 0 N–H and O–H groups in total. The van der Waals surface area contributed by atoms with Crippen LogP contribution in [0.1, 0.15) is 5.56 Å². The Morgan fingerprint density at radius 3 is 2.41 bits per heavy atom. The van der Waals surface area contributed by atoms with Gasteiger partial charge in [0, 0.05) is 18.0 Å². The van der Waals surface area contributed by atoms with Crippen molar-refractivity contribution in [1.82, 2.24) is 19.7 Å². The summed E-state index contributed by atoms with van der Waals surface area (Å²) in [6.45, 7) is 0.346. The van der Waals surface area contributed by atoms with Gasteiger partial charge in [-0.25, -0.2) is 19.0 Å². The lowest BCUT2D eigenvalue weighted by Crippen LogP contribution is -2.03. The molecule has 0 atom stereocenters. The molecule has 0 fully saturated rings. The fourth-order valence-corrected chi connectivity index (χ4v) is 3.26. The van der Waals surface area contributed by atoms with Crippen LogP contribution in [0.3, 0.4) is 0 Å². The molecule has 2 aromatic heterocycles. The standard InChI is InChI=1S/C20H14BrFN4O/c21-18-19(15-10-23-13-24-11-15)26(17-9-5-4-8-16(17)22)25-20(18)27-12-14-6-2-1-3-7-14/h1-11,13H,12H2. The minimum atomic E-state index is -0.389. The molecule has 134 valence electrons. The quantitative estimate of drug-likeness (QED) is 0.461. The lowest BCUT2D eigenvalue weighted by atomic mass is 10.2. The maximum atomic E-state index is 14.4. The molecular formula is C20H14BrFN4O. The van der Waals surface area contributed by atoms with Gasteiger partial charge in [-0.1, -0.05) is 42.5 Å². The SMILES string of the molecule is Fc1ccccc1-n1nc(OCc2ccccc2)c(Br)c1-c1cncnc1. The molecule has 0 unspecified atom stereocenters. The van der Waals surface area contributed by atoms with Crippen LogP contribution < -0.4 is 4.74 Å². The largest absolute Gasteiger partial charge is 0.471 e. The number of halogens is 2. The summed E-state index contributed by atoms with van der Waals surface area (Å²) in [5.74, 6) is -0.0267. The first kappa shape index (κ1) is 17.4. The Hall–Kier alpha value is -3.06. The molecular weight excluding hydrogens is 411 g/mol. The molecule has 0 amide bonds. The zero-order valence-electron chi connectivity index (χ0n) is 14.1. The fourth-order valence-electron chi connectivity index (χ4n) is 2.67. The van der Waals surface area contributed by atoms with Crippen molar-refractivity contribution in [3.8, 4) is 22.8 Å². The van der Waals surface area contributed by atoms with Crippen molar-refractivity contribution < 1.29 is 9.13 Å². The summed E-state index contributed by atoms with van der Waals surface area (Å²) in [7, 11) is 0. The summed E-state index contributed by atoms with van der Waals surface area (Å²) in [6.07, 6.45) is 4.73. The monoisotopic (exact) mass is 424 g/mol. The summed E-state index contributed by atoms with van der Waals surface area (Å²) in [5, 5.41) is 4.48. The van der Waals surface area contributed by atoms with Crippen LogP contribution in [0.5, 0.6) is 5.88 Å². The molecule has 0 aliphatic rings. The molecule has 7 heteroatoms. The second-order valence-electron chi connectivity index (χ2n) is 5.73. The maximum Gasteiger partial charge on any atom is 0.248 e. The summed E-state index contributed by atoms with van der Waals surface area (Å²) < 4.78 is 22.4. The van der Waals surface area contributed by atoms with E-state index in [1.807, 2.05) is 30.3 Å². The molecule has 0 bridgehead atoms. The van der Waals surface area contributed by atoms with Gasteiger partial charge in [0.05, 0.1) is 5.69 Å². The number of para-hydroxylation sites is 1. The minimum absolute atomic E-state index is 0.312. The van der Waals surface area contributed by atoms with Crippen molar-refractivity contribution in [2.75, 3.05) is 0 Å². The van der Waals surface area contributed by atoms with Crippen LogP contribution in [0.15, 0.2) is 77.8 Å². The van der Waals surface area contributed by atoms with Crippen LogP contribution in [0.2, 0.25) is 0 Å². The highest BCUT2D eigenvalue weighted by atomic mass is 79.9. The zero-order valence-corrected chi connectivity index (χ0v) is 15.7. The number of rotatable bonds is 5. The van der Waals surface area contributed by atoms with E-state index in [0.29, 0.717) is 33.9 Å². The molecule has 0 aliphatic carbocycles. The molecule has 0 spiro atoms. The van der Waals surface area contributed by atoms with Gasteiger partial charge in [-0.15, -0.1) is 5.10 Å². The second kappa shape index (κ2) is 7.67. The molecule has 4 aromatic rings. The number of hydrogen-bond acceptors (Lipinski definition) is 4. The van der Waals surface area contributed by atoms with Gasteiger partial charge in [-0.3, -0.25) is 0 Å². The van der Waals surface area contributed by atoms with Gasteiger partial charge >= 0.3 is 0 Å². The zero-order chi connectivity index (χ0) is 18.6. The third-order valence-electron chi connectivity index (χ3n) is 3.93.